The van der Waals surface area contributed by atoms with Crippen LogP contribution in [0.4, 0.5) is 0 Å². The van der Waals surface area contributed by atoms with Crippen LogP contribution in [0.1, 0.15) is 41.5 Å². The fourth-order valence-corrected chi connectivity index (χ4v) is 0.379. The largest absolute Gasteiger partial charge is 1.00 e. The number of hydroxylamine groups is 2. The molecule has 6 heteroatoms. The molecule has 0 aliphatic carbocycles. The fourth-order valence-electron chi connectivity index (χ4n) is 0.379. The van der Waals surface area contributed by atoms with Gasteiger partial charge in [0, 0.05) is 33.1 Å². The summed E-state index contributed by atoms with van der Waals surface area (Å²) in [5.74, 6) is 0. The monoisotopic (exact) mass is 747 g/mol. The van der Waals surface area contributed by atoms with Crippen LogP contribution in [0.3, 0.4) is 0 Å². The van der Waals surface area contributed by atoms with E-state index in [0.29, 0.717) is 0 Å². The van der Waals surface area contributed by atoms with Crippen molar-refractivity contribution < 1.29 is 141 Å². The average Bonchev–Trinajstić information content (AvgIpc) is 2.12. The van der Waals surface area contributed by atoms with Gasteiger partial charge >= 0.3 is 116 Å². The van der Waals surface area contributed by atoms with Gasteiger partial charge in [0.05, 0.1) is 0 Å². The molecule has 1 radical (unpaired) electrons. The molecule has 0 aromatic rings. The zero-order valence-corrected chi connectivity index (χ0v) is 31.6. The van der Waals surface area contributed by atoms with Crippen LogP contribution in [0.25, 0.3) is 0 Å². The van der Waals surface area contributed by atoms with Crippen LogP contribution in [0.2, 0.25) is 0 Å². The third kappa shape index (κ3) is 94.9. The van der Waals surface area contributed by atoms with Crippen molar-refractivity contribution in [1.82, 2.24) is 5.06 Å². The first kappa shape index (κ1) is 69.1. The second-order valence-electron chi connectivity index (χ2n) is 1.48. The summed E-state index contributed by atoms with van der Waals surface area (Å²) >= 11 is 0. The molecule has 0 atom stereocenters. The molecule has 0 unspecified atom stereocenters. The smallest absolute Gasteiger partial charge is 0.476 e. The minimum Gasteiger partial charge on any atom is -0.476 e. The van der Waals surface area contributed by atoms with Crippen molar-refractivity contribution in [2.75, 3.05) is 13.6 Å². The molecule has 0 spiro atoms. The Morgan fingerprint density at radius 3 is 1.33 bits per heavy atom. The first-order valence-corrected chi connectivity index (χ1v) is 4.15. The molecule has 0 saturated heterocycles. The number of hydrogen-bond acceptors (Lipinski definition) is 2. The zero-order valence-electron chi connectivity index (χ0n) is 13.7. The second-order valence-corrected chi connectivity index (χ2v) is 1.48. The predicted molar refractivity (Wildman–Crippen MR) is 71.3 cm³/mol. The molecule has 0 aromatic heterocycles. The second kappa shape index (κ2) is 88.2. The standard InChI is InChI=1S/C5H12NO.C2H6.C2H5.CH4.2CH3.2Rb.Rf.Rh/c1-4-5-6(2)7-3;2*1-2;;;;;;;/h3-5H2,1-2H3;1-2H3;1H2,2H3;1H4;2*1H3;;;;/q-1;;-1;;2*-1;2*+1;;. The quantitative estimate of drug-likeness (QED) is 0.198. The van der Waals surface area contributed by atoms with E-state index < -0.39 is 0 Å². The maximum atomic E-state index is 4.57. The van der Waals surface area contributed by atoms with Crippen molar-refractivity contribution in [1.29, 1.82) is 0 Å². The van der Waals surface area contributed by atoms with Crippen molar-refractivity contribution in [3.8, 4) is 0 Å². The molecule has 0 heterocycles. The van der Waals surface area contributed by atoms with Crippen molar-refractivity contribution in [2.45, 2.75) is 41.5 Å². The van der Waals surface area contributed by atoms with Crippen LogP contribution in [-0.4, -0.2) is 18.7 Å². The summed E-state index contributed by atoms with van der Waals surface area (Å²) in [5.41, 5.74) is 0. The molecule has 0 aliphatic rings. The van der Waals surface area contributed by atoms with Gasteiger partial charge in [-0.25, -0.2) is 12.2 Å². The number of hydrogen-bond donors (Lipinski definition) is 0. The van der Waals surface area contributed by atoms with Gasteiger partial charge in [-0.05, 0) is 6.42 Å². The van der Waals surface area contributed by atoms with E-state index in [-0.39, 0.29) is 158 Å². The Kier molecular flexibility index (Phi) is 339. The van der Waals surface area contributed by atoms with E-state index >= 15 is 0 Å². The molecule has 0 aliphatic heterocycles. The maximum absolute atomic E-state index is 4.57. The Labute approximate surface area is 224 Å². The van der Waals surface area contributed by atoms with E-state index in [0.717, 1.165) is 13.0 Å². The topological polar surface area (TPSA) is 12.5 Å². The van der Waals surface area contributed by atoms with Crippen molar-refractivity contribution in [3.63, 3.8) is 0 Å². The predicted octanol–water partition coefficient (Wildman–Crippen LogP) is -1.54. The van der Waals surface area contributed by atoms with Crippen molar-refractivity contribution >= 4 is 0 Å². The molecular formula is C12H33NORb2RfRh-2. The number of nitrogens with zero attached hydrogens (tertiary/aromatic N) is 1. The Morgan fingerprint density at radius 2 is 1.28 bits per heavy atom. The summed E-state index contributed by atoms with van der Waals surface area (Å²) in [6.45, 7) is 12.0. The van der Waals surface area contributed by atoms with Crippen LogP contribution < -0.4 is 116 Å². The SMILES string of the molecule is C.CC.[CH2-]C.[CH2-]ON(C)CCC.[CH3-].[CH3-].[Rb+].[Rb+].[Rf].[Rh]. The van der Waals surface area contributed by atoms with Crippen LogP contribution in [-0.2, 0) is 24.3 Å². The first-order chi connectivity index (χ1) is 5.31. The Bertz CT molecular complexity index is 61.1. The normalized spacial score (nSPS) is 4.67. The summed E-state index contributed by atoms with van der Waals surface area (Å²) in [6.07, 6.45) is 1.10. The molecule has 0 rings (SSSR count). The third-order valence-corrected chi connectivity index (χ3v) is 0.759. The third-order valence-electron chi connectivity index (χ3n) is 0.759. The van der Waals surface area contributed by atoms with Gasteiger partial charge < -0.3 is 26.6 Å². The molecule has 0 saturated carbocycles. The minimum atomic E-state index is 0. The summed E-state index contributed by atoms with van der Waals surface area (Å²) in [6, 6.07) is 0. The Morgan fingerprint density at radius 1 is 1.06 bits per heavy atom. The molecule has 0 fully saturated rings. The van der Waals surface area contributed by atoms with E-state index in [2.05, 4.69) is 25.8 Å². The van der Waals surface area contributed by atoms with Crippen LogP contribution in [0.5, 0.6) is 0 Å². The molecule has 0 aromatic carbocycles. The van der Waals surface area contributed by atoms with Gasteiger partial charge in [0.25, 0.3) is 0 Å². The van der Waals surface area contributed by atoms with E-state index in [1.165, 1.54) is 0 Å². The van der Waals surface area contributed by atoms with Crippen molar-refractivity contribution in [2.24, 2.45) is 0 Å². The van der Waals surface area contributed by atoms with Gasteiger partial charge in [-0.15, -0.1) is 0 Å². The van der Waals surface area contributed by atoms with E-state index in [4.69, 9.17) is 0 Å². The van der Waals surface area contributed by atoms with E-state index in [1.54, 1.807) is 12.0 Å². The first-order valence-electron chi connectivity index (χ1n) is 4.15. The van der Waals surface area contributed by atoms with Gasteiger partial charge in [-0.2, -0.15) is 6.92 Å². The zero-order chi connectivity index (χ0) is 9.70. The van der Waals surface area contributed by atoms with Gasteiger partial charge in [0.15, 0.2) is 0 Å². The van der Waals surface area contributed by atoms with Gasteiger partial charge in [-0.1, -0.05) is 28.2 Å². The number of rotatable bonds is 3. The van der Waals surface area contributed by atoms with Crippen LogP contribution in [0, 0.1) is 28.9 Å². The molecule has 107 valence electrons. The molecular weight excluding hydrogens is 715 g/mol. The molecule has 2 nitrogen and oxygen atoms in total. The van der Waals surface area contributed by atoms with E-state index in [9.17, 15) is 0 Å². The molecule has 0 amide bonds. The summed E-state index contributed by atoms with van der Waals surface area (Å²) in [4.78, 5) is 4.57. The van der Waals surface area contributed by atoms with Gasteiger partial charge in [-0.3, -0.25) is 0 Å². The van der Waals surface area contributed by atoms with Crippen molar-refractivity contribution in [3.05, 3.63) is 28.9 Å². The summed E-state index contributed by atoms with van der Waals surface area (Å²) in [5, 5.41) is 1.69. The minimum absolute atomic E-state index is 0. The van der Waals surface area contributed by atoms with Crippen LogP contribution >= 0.6 is 0 Å². The van der Waals surface area contributed by atoms with Gasteiger partial charge in [0.2, 0.25) is 0 Å². The van der Waals surface area contributed by atoms with Crippen LogP contribution in [0.15, 0.2) is 0 Å². The molecule has 18 heavy (non-hydrogen) atoms. The Balaban J connectivity index is -0.00000000670. The van der Waals surface area contributed by atoms with Gasteiger partial charge in [0.1, 0.15) is 0 Å². The average molecular weight is 748 g/mol. The van der Waals surface area contributed by atoms with E-state index in [1.807, 2.05) is 20.9 Å². The summed E-state index contributed by atoms with van der Waals surface area (Å²) in [7, 11) is 5.09. The summed E-state index contributed by atoms with van der Waals surface area (Å²) < 4.78 is 0. The maximum Gasteiger partial charge on any atom is 1.00 e. The fraction of sp³-hybridized carbons (Fsp3) is 0.667. The molecule has 0 bridgehead atoms. The Hall–Kier alpha value is 3.15. The molecule has 0 N–H and O–H groups in total.